The van der Waals surface area contributed by atoms with Gasteiger partial charge >= 0.3 is 0 Å². The molecule has 0 bridgehead atoms. The smallest absolute Gasteiger partial charge is 0.244 e. The largest absolute Gasteiger partial charge is 0.335 e. The van der Waals surface area contributed by atoms with Crippen LogP contribution in [0.3, 0.4) is 0 Å². The Labute approximate surface area is 179 Å². The summed E-state index contributed by atoms with van der Waals surface area (Å²) < 4.78 is 27.1. The first-order chi connectivity index (χ1) is 14.4. The molecule has 2 saturated heterocycles. The van der Waals surface area contributed by atoms with E-state index in [1.807, 2.05) is 4.90 Å². The van der Waals surface area contributed by atoms with E-state index >= 15 is 0 Å². The van der Waals surface area contributed by atoms with Gasteiger partial charge in [-0.3, -0.25) is 9.78 Å². The van der Waals surface area contributed by atoms with Gasteiger partial charge in [-0.25, -0.2) is 8.42 Å². The van der Waals surface area contributed by atoms with Crippen molar-refractivity contribution in [3.8, 4) is 0 Å². The molecule has 0 radical (unpaired) electrons. The molecule has 2 aliphatic rings. The summed E-state index contributed by atoms with van der Waals surface area (Å²) in [4.78, 5) is 19.5. The molecule has 6 nitrogen and oxygen atoms in total. The molecule has 4 rings (SSSR count). The van der Waals surface area contributed by atoms with Gasteiger partial charge in [0.05, 0.1) is 6.04 Å². The molecular weight excluding hydrogens is 398 g/mol. The van der Waals surface area contributed by atoms with Gasteiger partial charge in [-0.05, 0) is 68.4 Å². The van der Waals surface area contributed by atoms with E-state index in [1.54, 1.807) is 18.3 Å². The fourth-order valence-corrected chi connectivity index (χ4v) is 6.01. The monoisotopic (exact) mass is 427 g/mol. The maximum atomic E-state index is 13.3. The summed E-state index contributed by atoms with van der Waals surface area (Å²) in [6, 6.07) is 9.81. The molecule has 2 aliphatic heterocycles. The van der Waals surface area contributed by atoms with Crippen LogP contribution < -0.4 is 0 Å². The van der Waals surface area contributed by atoms with E-state index < -0.39 is 10.0 Å². The number of aromatic nitrogens is 1. The molecule has 30 heavy (non-hydrogen) atoms. The number of carbonyl (C=O) groups excluding carboxylic acids is 1. The van der Waals surface area contributed by atoms with Gasteiger partial charge < -0.3 is 4.90 Å². The molecule has 0 aliphatic carbocycles. The van der Waals surface area contributed by atoms with E-state index in [0.29, 0.717) is 25.9 Å². The Hall–Kier alpha value is -2.25. The van der Waals surface area contributed by atoms with Crippen LogP contribution >= 0.6 is 0 Å². The van der Waals surface area contributed by atoms with Gasteiger partial charge in [0.1, 0.15) is 4.90 Å². The molecule has 1 atom stereocenters. The predicted molar refractivity (Wildman–Crippen MR) is 115 cm³/mol. The Morgan fingerprint density at radius 1 is 1.03 bits per heavy atom. The number of aryl methyl sites for hydroxylation is 2. The highest BCUT2D eigenvalue weighted by atomic mass is 32.2. The zero-order valence-electron chi connectivity index (χ0n) is 17.6. The maximum Gasteiger partial charge on any atom is 0.244 e. The summed E-state index contributed by atoms with van der Waals surface area (Å²) in [7, 11) is -3.55. The molecule has 160 valence electrons. The molecule has 1 unspecified atom stereocenters. The molecule has 7 heteroatoms. The first-order valence-electron chi connectivity index (χ1n) is 10.7. The number of pyridine rings is 1. The van der Waals surface area contributed by atoms with Gasteiger partial charge in [0.2, 0.25) is 15.9 Å². The average molecular weight is 428 g/mol. The molecule has 0 spiro atoms. The number of sulfonamides is 1. The Kier molecular flexibility index (Phi) is 5.93. The number of amides is 1. The molecule has 1 aromatic carbocycles. The zero-order chi connectivity index (χ0) is 21.3. The van der Waals surface area contributed by atoms with Crippen LogP contribution in [0.4, 0.5) is 0 Å². The van der Waals surface area contributed by atoms with Crippen LogP contribution in [-0.2, 0) is 14.8 Å². The lowest BCUT2D eigenvalue weighted by molar-refractivity contribution is -0.137. The third-order valence-electron chi connectivity index (χ3n) is 6.53. The van der Waals surface area contributed by atoms with Crippen molar-refractivity contribution in [3.05, 3.63) is 59.4 Å². The van der Waals surface area contributed by atoms with E-state index in [0.717, 1.165) is 19.4 Å². The second-order valence-corrected chi connectivity index (χ2v) is 10.3. The first-order valence-corrected chi connectivity index (χ1v) is 12.1. The Morgan fingerprint density at radius 3 is 2.47 bits per heavy atom. The van der Waals surface area contributed by atoms with Gasteiger partial charge in [-0.1, -0.05) is 18.2 Å². The molecule has 3 heterocycles. The SMILES string of the molecule is Cc1ccc(C2CCCN2C(=O)C2CCN(S(=O)(=O)c3cccnc3)CC2)cc1C. The van der Waals surface area contributed by atoms with Crippen molar-refractivity contribution in [1.82, 2.24) is 14.2 Å². The zero-order valence-corrected chi connectivity index (χ0v) is 18.4. The van der Waals surface area contributed by atoms with Gasteiger partial charge in [-0.15, -0.1) is 0 Å². The first kappa shape index (κ1) is 21.0. The summed E-state index contributed by atoms with van der Waals surface area (Å²) in [6.07, 6.45) is 6.07. The lowest BCUT2D eigenvalue weighted by Gasteiger charge is -2.34. The summed E-state index contributed by atoms with van der Waals surface area (Å²) in [5, 5.41) is 0. The second kappa shape index (κ2) is 8.47. The number of carbonyl (C=O) groups is 1. The number of likely N-dealkylation sites (tertiary alicyclic amines) is 1. The maximum absolute atomic E-state index is 13.3. The molecule has 0 saturated carbocycles. The average Bonchev–Trinajstić information content (AvgIpc) is 3.26. The predicted octanol–water partition coefficient (Wildman–Crippen LogP) is 3.46. The van der Waals surface area contributed by atoms with E-state index in [4.69, 9.17) is 0 Å². The highest BCUT2D eigenvalue weighted by Gasteiger charge is 2.37. The molecule has 1 aromatic heterocycles. The number of rotatable bonds is 4. The number of benzene rings is 1. The molecule has 2 fully saturated rings. The van der Waals surface area contributed by atoms with Crippen LogP contribution in [0.2, 0.25) is 0 Å². The lowest BCUT2D eigenvalue weighted by Crippen LogP contribution is -2.44. The van der Waals surface area contributed by atoms with Gasteiger partial charge in [0.25, 0.3) is 0 Å². The van der Waals surface area contributed by atoms with Crippen LogP contribution in [-0.4, -0.2) is 48.1 Å². The summed E-state index contributed by atoms with van der Waals surface area (Å²) in [6.45, 7) is 5.73. The highest BCUT2D eigenvalue weighted by molar-refractivity contribution is 7.89. The van der Waals surface area contributed by atoms with Crippen LogP contribution in [0.25, 0.3) is 0 Å². The van der Waals surface area contributed by atoms with Crippen LogP contribution in [0.1, 0.15) is 48.4 Å². The van der Waals surface area contributed by atoms with Crippen LogP contribution in [0.15, 0.2) is 47.6 Å². The van der Waals surface area contributed by atoms with Crippen molar-refractivity contribution in [2.24, 2.45) is 5.92 Å². The van der Waals surface area contributed by atoms with Gasteiger partial charge in [-0.2, -0.15) is 4.31 Å². The molecule has 1 amide bonds. The summed E-state index contributed by atoms with van der Waals surface area (Å²) in [5.74, 6) is 0.0617. The van der Waals surface area contributed by atoms with Crippen molar-refractivity contribution in [1.29, 1.82) is 0 Å². The topological polar surface area (TPSA) is 70.6 Å². The summed E-state index contributed by atoms with van der Waals surface area (Å²) in [5.41, 5.74) is 3.72. The normalized spacial score (nSPS) is 21.1. The molecule has 2 aromatic rings. The highest BCUT2D eigenvalue weighted by Crippen LogP contribution is 2.35. The minimum Gasteiger partial charge on any atom is -0.335 e. The van der Waals surface area contributed by atoms with Gasteiger partial charge in [0.15, 0.2) is 0 Å². The number of piperidine rings is 1. The Balaban J connectivity index is 1.43. The standard InChI is InChI=1S/C23H29N3O3S/c1-17-7-8-20(15-18(17)2)22-6-4-12-26(22)23(27)19-9-13-25(14-10-19)30(28,29)21-5-3-11-24-16-21/h3,5,7-8,11,15-16,19,22H,4,6,9-10,12-14H2,1-2H3. The van der Waals surface area contributed by atoms with Gasteiger partial charge in [0, 0.05) is 37.9 Å². The van der Waals surface area contributed by atoms with Crippen LogP contribution in [0, 0.1) is 19.8 Å². The van der Waals surface area contributed by atoms with E-state index in [9.17, 15) is 13.2 Å². The number of hydrogen-bond acceptors (Lipinski definition) is 4. The molecule has 0 N–H and O–H groups in total. The quantitative estimate of drug-likeness (QED) is 0.749. The Bertz CT molecular complexity index is 1020. The van der Waals surface area contributed by atoms with E-state index in [-0.39, 0.29) is 22.8 Å². The second-order valence-electron chi connectivity index (χ2n) is 8.40. The van der Waals surface area contributed by atoms with Crippen molar-refractivity contribution in [3.63, 3.8) is 0 Å². The third kappa shape index (κ3) is 4.01. The van der Waals surface area contributed by atoms with Crippen molar-refractivity contribution < 1.29 is 13.2 Å². The number of hydrogen-bond donors (Lipinski definition) is 0. The van der Waals surface area contributed by atoms with Crippen molar-refractivity contribution in [2.45, 2.75) is 50.5 Å². The molecular formula is C23H29N3O3S. The fourth-order valence-electron chi connectivity index (χ4n) is 4.58. The van der Waals surface area contributed by atoms with Crippen molar-refractivity contribution in [2.75, 3.05) is 19.6 Å². The summed E-state index contributed by atoms with van der Waals surface area (Å²) >= 11 is 0. The van der Waals surface area contributed by atoms with E-state index in [2.05, 4.69) is 37.0 Å². The minimum absolute atomic E-state index is 0.113. The fraction of sp³-hybridized carbons (Fsp3) is 0.478. The number of nitrogens with zero attached hydrogens (tertiary/aromatic N) is 3. The third-order valence-corrected chi connectivity index (χ3v) is 8.41. The Morgan fingerprint density at radius 2 is 1.80 bits per heavy atom. The van der Waals surface area contributed by atoms with Crippen molar-refractivity contribution >= 4 is 15.9 Å². The van der Waals surface area contributed by atoms with E-state index in [1.165, 1.54) is 27.2 Å². The van der Waals surface area contributed by atoms with Crippen LogP contribution in [0.5, 0.6) is 0 Å². The lowest BCUT2D eigenvalue weighted by atomic mass is 9.94. The minimum atomic E-state index is -3.55.